The molecular formula is C22H32N4O2S. The Labute approximate surface area is 177 Å². The van der Waals surface area contributed by atoms with Gasteiger partial charge in [0.25, 0.3) is 0 Å². The lowest BCUT2D eigenvalue weighted by atomic mass is 10.1. The lowest BCUT2D eigenvalue weighted by Gasteiger charge is -2.26. The van der Waals surface area contributed by atoms with Gasteiger partial charge in [0.2, 0.25) is 0 Å². The quantitative estimate of drug-likeness (QED) is 0.456. The van der Waals surface area contributed by atoms with E-state index >= 15 is 0 Å². The van der Waals surface area contributed by atoms with Crippen LogP contribution in [0.1, 0.15) is 29.9 Å². The van der Waals surface area contributed by atoms with Crippen molar-refractivity contribution >= 4 is 17.3 Å². The molecule has 1 fully saturated rings. The summed E-state index contributed by atoms with van der Waals surface area (Å²) >= 11 is 1.56. The number of hydrogen-bond acceptors (Lipinski definition) is 5. The van der Waals surface area contributed by atoms with Crippen molar-refractivity contribution in [1.29, 1.82) is 0 Å². The third-order valence-electron chi connectivity index (χ3n) is 4.95. The van der Waals surface area contributed by atoms with Gasteiger partial charge in [-0.25, -0.2) is 4.99 Å². The highest BCUT2D eigenvalue weighted by atomic mass is 32.1. The molecule has 1 atom stereocenters. The van der Waals surface area contributed by atoms with E-state index in [-0.39, 0.29) is 0 Å². The summed E-state index contributed by atoms with van der Waals surface area (Å²) in [6, 6.07) is 12.6. The van der Waals surface area contributed by atoms with Crippen LogP contribution in [0.5, 0.6) is 0 Å². The molecule has 0 spiro atoms. The highest BCUT2D eigenvalue weighted by Crippen LogP contribution is 2.24. The molecule has 1 aromatic heterocycles. The molecule has 0 radical (unpaired) electrons. The largest absolute Gasteiger partial charge is 0.383 e. The Kier molecular flexibility index (Phi) is 8.06. The number of aliphatic imine (C=N–C) groups is 1. The molecule has 158 valence electrons. The van der Waals surface area contributed by atoms with Gasteiger partial charge in [-0.05, 0) is 36.4 Å². The first-order valence-corrected chi connectivity index (χ1v) is 11.1. The van der Waals surface area contributed by atoms with Gasteiger partial charge in [-0.15, -0.1) is 11.3 Å². The highest BCUT2D eigenvalue weighted by molar-refractivity contribution is 7.10. The van der Waals surface area contributed by atoms with Crippen LogP contribution in [0.3, 0.4) is 0 Å². The summed E-state index contributed by atoms with van der Waals surface area (Å²) in [7, 11) is 0. The number of aliphatic hydroxyl groups is 1. The third-order valence-corrected chi connectivity index (χ3v) is 6.07. The molecule has 1 aliphatic heterocycles. The van der Waals surface area contributed by atoms with E-state index in [1.165, 1.54) is 5.56 Å². The Bertz CT molecular complexity index is 754. The van der Waals surface area contributed by atoms with Gasteiger partial charge >= 0.3 is 0 Å². The van der Waals surface area contributed by atoms with Crippen molar-refractivity contribution < 1.29 is 9.84 Å². The van der Waals surface area contributed by atoms with Crippen molar-refractivity contribution in [2.24, 2.45) is 4.99 Å². The standard InChI is InChI=1S/C22H32N4O2S/c1-3-23-21(25-17-22(2,27)20-5-4-14-29-20)24-15-18-6-8-19(9-7-18)16-26-10-12-28-13-11-26/h4-9,14,27H,3,10-13,15-17H2,1-2H3,(H2,23,24,25). The van der Waals surface area contributed by atoms with Crippen LogP contribution < -0.4 is 10.6 Å². The fourth-order valence-electron chi connectivity index (χ4n) is 3.21. The summed E-state index contributed by atoms with van der Waals surface area (Å²) in [5.74, 6) is 0.710. The summed E-state index contributed by atoms with van der Waals surface area (Å²) in [6.45, 7) is 10.2. The molecule has 3 N–H and O–H groups in total. The molecule has 1 saturated heterocycles. The lowest BCUT2D eigenvalue weighted by Crippen LogP contribution is -2.44. The Hall–Kier alpha value is -1.93. The smallest absolute Gasteiger partial charge is 0.191 e. The maximum Gasteiger partial charge on any atom is 0.191 e. The molecule has 0 amide bonds. The van der Waals surface area contributed by atoms with E-state index < -0.39 is 5.60 Å². The van der Waals surface area contributed by atoms with Gasteiger partial charge in [0.1, 0.15) is 5.60 Å². The third kappa shape index (κ3) is 6.82. The molecule has 7 heteroatoms. The van der Waals surface area contributed by atoms with Gasteiger partial charge in [0.15, 0.2) is 5.96 Å². The van der Waals surface area contributed by atoms with Crippen LogP contribution in [0.2, 0.25) is 0 Å². The molecule has 3 rings (SSSR count). The van der Waals surface area contributed by atoms with Gasteiger partial charge < -0.3 is 20.5 Å². The monoisotopic (exact) mass is 416 g/mol. The van der Waals surface area contributed by atoms with Crippen molar-refractivity contribution in [1.82, 2.24) is 15.5 Å². The van der Waals surface area contributed by atoms with E-state index in [1.807, 2.05) is 31.4 Å². The minimum absolute atomic E-state index is 0.401. The SMILES string of the molecule is CCNC(=NCc1ccc(CN2CCOCC2)cc1)NCC(C)(O)c1cccs1. The summed E-state index contributed by atoms with van der Waals surface area (Å²) in [4.78, 5) is 8.03. The van der Waals surface area contributed by atoms with Crippen molar-refractivity contribution in [3.05, 3.63) is 57.8 Å². The summed E-state index contributed by atoms with van der Waals surface area (Å²) in [5.41, 5.74) is 1.56. The fraction of sp³-hybridized carbons (Fsp3) is 0.500. The molecule has 2 heterocycles. The summed E-state index contributed by atoms with van der Waals surface area (Å²) < 4.78 is 5.41. The lowest BCUT2D eigenvalue weighted by molar-refractivity contribution is 0.0342. The Balaban J connectivity index is 1.53. The molecular weight excluding hydrogens is 384 g/mol. The number of morpholine rings is 1. The molecule has 1 aromatic carbocycles. The topological polar surface area (TPSA) is 69.1 Å². The number of benzene rings is 1. The molecule has 1 aliphatic rings. The van der Waals surface area contributed by atoms with Crippen molar-refractivity contribution in [3.8, 4) is 0 Å². The van der Waals surface area contributed by atoms with Gasteiger partial charge in [-0.1, -0.05) is 30.3 Å². The molecule has 1 unspecified atom stereocenters. The Morgan fingerprint density at radius 1 is 1.17 bits per heavy atom. The number of guanidine groups is 1. The molecule has 0 saturated carbocycles. The van der Waals surface area contributed by atoms with Crippen LogP contribution in [0.25, 0.3) is 0 Å². The van der Waals surface area contributed by atoms with Crippen LogP contribution in [0.4, 0.5) is 0 Å². The van der Waals surface area contributed by atoms with Crippen LogP contribution in [0, 0.1) is 0 Å². The highest BCUT2D eigenvalue weighted by Gasteiger charge is 2.24. The normalized spacial score (nSPS) is 17.7. The van der Waals surface area contributed by atoms with Crippen LogP contribution in [-0.2, 0) is 23.4 Å². The number of rotatable bonds is 8. The number of hydrogen-bond donors (Lipinski definition) is 3. The zero-order valence-corrected chi connectivity index (χ0v) is 18.2. The summed E-state index contributed by atoms with van der Waals surface area (Å²) in [5, 5.41) is 19.2. The van der Waals surface area contributed by atoms with Crippen molar-refractivity contribution in [2.75, 3.05) is 39.4 Å². The average molecular weight is 417 g/mol. The van der Waals surface area contributed by atoms with E-state index in [4.69, 9.17) is 4.74 Å². The van der Waals surface area contributed by atoms with Gasteiger partial charge in [-0.3, -0.25) is 4.90 Å². The second-order valence-corrected chi connectivity index (χ2v) is 8.45. The van der Waals surface area contributed by atoms with Crippen molar-refractivity contribution in [2.45, 2.75) is 32.5 Å². The molecule has 6 nitrogen and oxygen atoms in total. The Morgan fingerprint density at radius 3 is 2.55 bits per heavy atom. The van der Waals surface area contributed by atoms with Crippen LogP contribution >= 0.6 is 11.3 Å². The first-order valence-electron chi connectivity index (χ1n) is 10.2. The van der Waals surface area contributed by atoms with E-state index in [1.54, 1.807) is 11.3 Å². The van der Waals surface area contributed by atoms with E-state index in [0.29, 0.717) is 19.0 Å². The van der Waals surface area contributed by atoms with Crippen LogP contribution in [0.15, 0.2) is 46.8 Å². The molecule has 29 heavy (non-hydrogen) atoms. The zero-order chi connectivity index (χ0) is 20.5. The molecule has 0 bridgehead atoms. The predicted molar refractivity (Wildman–Crippen MR) is 119 cm³/mol. The maximum absolute atomic E-state index is 10.7. The number of nitrogens with one attached hydrogen (secondary N) is 2. The van der Waals surface area contributed by atoms with Gasteiger partial charge in [0.05, 0.1) is 26.3 Å². The second-order valence-electron chi connectivity index (χ2n) is 7.50. The fourth-order valence-corrected chi connectivity index (χ4v) is 3.99. The number of thiophene rings is 1. The first-order chi connectivity index (χ1) is 14.1. The Morgan fingerprint density at radius 2 is 1.90 bits per heavy atom. The van der Waals surface area contributed by atoms with E-state index in [9.17, 15) is 5.11 Å². The van der Waals surface area contributed by atoms with Gasteiger partial charge in [-0.2, -0.15) is 0 Å². The first kappa shape index (κ1) is 21.8. The summed E-state index contributed by atoms with van der Waals surface area (Å²) in [6.07, 6.45) is 0. The maximum atomic E-state index is 10.7. The van der Waals surface area contributed by atoms with Gasteiger partial charge in [0, 0.05) is 31.1 Å². The van der Waals surface area contributed by atoms with E-state index in [2.05, 4.69) is 44.8 Å². The number of ether oxygens (including phenoxy) is 1. The average Bonchev–Trinajstić information content (AvgIpc) is 3.28. The zero-order valence-electron chi connectivity index (χ0n) is 17.4. The molecule has 0 aliphatic carbocycles. The van der Waals surface area contributed by atoms with E-state index in [0.717, 1.165) is 49.8 Å². The molecule has 2 aromatic rings. The number of nitrogens with zero attached hydrogens (tertiary/aromatic N) is 2. The van der Waals surface area contributed by atoms with Crippen molar-refractivity contribution in [3.63, 3.8) is 0 Å². The van der Waals surface area contributed by atoms with Crippen LogP contribution in [-0.4, -0.2) is 55.4 Å². The second kappa shape index (κ2) is 10.7. The minimum atomic E-state index is -0.925. The predicted octanol–water partition coefficient (Wildman–Crippen LogP) is 2.54. The minimum Gasteiger partial charge on any atom is -0.383 e.